The minimum absolute atomic E-state index is 0.0136. The van der Waals surface area contributed by atoms with Gasteiger partial charge in [0.15, 0.2) is 0 Å². The molecule has 1 saturated carbocycles. The van der Waals surface area contributed by atoms with Gasteiger partial charge in [0, 0.05) is 0 Å². The van der Waals surface area contributed by atoms with Crippen LogP contribution in [0.3, 0.4) is 0 Å². The molecule has 0 heterocycles. The first kappa shape index (κ1) is 11.5. The maximum atomic E-state index is 11.7. The molecule has 0 N–H and O–H groups in total. The second-order valence-corrected chi connectivity index (χ2v) is 4.94. The summed E-state index contributed by atoms with van der Waals surface area (Å²) in [6.07, 6.45) is 4.48. The first-order valence-corrected chi connectivity index (χ1v) is 5.63. The van der Waals surface area contributed by atoms with Gasteiger partial charge in [-0.3, -0.25) is 4.79 Å². The molecule has 1 aliphatic carbocycles. The summed E-state index contributed by atoms with van der Waals surface area (Å²) in [5, 5.41) is 0. The fraction of sp³-hybridized carbons (Fsp3) is 0.917. The molecule has 0 bridgehead atoms. The fourth-order valence-electron chi connectivity index (χ4n) is 2.99. The molecular formula is C12H22O2. The molecule has 82 valence electrons. The summed E-state index contributed by atoms with van der Waals surface area (Å²) in [6.45, 7) is 6.49. The molecule has 2 heteroatoms. The molecule has 14 heavy (non-hydrogen) atoms. The Hall–Kier alpha value is -0.530. The lowest BCUT2D eigenvalue weighted by Gasteiger charge is -2.28. The predicted octanol–water partition coefficient (Wildman–Crippen LogP) is 3.01. The Morgan fingerprint density at radius 3 is 2.71 bits per heavy atom. The largest absolute Gasteiger partial charge is 0.469 e. The Balaban J connectivity index is 2.77. The standard InChI is InChI=1S/C12H22O2/c1-5-6-10-7-9(2)8-12(10,3)11(13)14-4/h9-10H,5-8H2,1-4H3. The average molecular weight is 198 g/mol. The molecule has 0 amide bonds. The maximum Gasteiger partial charge on any atom is 0.311 e. The lowest BCUT2D eigenvalue weighted by Crippen LogP contribution is -2.32. The van der Waals surface area contributed by atoms with E-state index in [4.69, 9.17) is 4.74 Å². The number of ether oxygens (including phenoxy) is 1. The summed E-state index contributed by atoms with van der Waals surface area (Å²) >= 11 is 0. The van der Waals surface area contributed by atoms with Gasteiger partial charge >= 0.3 is 5.97 Å². The highest BCUT2D eigenvalue weighted by molar-refractivity contribution is 5.77. The van der Waals surface area contributed by atoms with Crippen molar-refractivity contribution in [1.82, 2.24) is 0 Å². The topological polar surface area (TPSA) is 26.3 Å². The number of carbonyl (C=O) groups is 1. The highest BCUT2D eigenvalue weighted by atomic mass is 16.5. The number of methoxy groups -OCH3 is 1. The van der Waals surface area contributed by atoms with E-state index in [1.807, 2.05) is 0 Å². The van der Waals surface area contributed by atoms with Crippen LogP contribution in [-0.2, 0) is 9.53 Å². The predicted molar refractivity (Wildman–Crippen MR) is 56.9 cm³/mol. The average Bonchev–Trinajstić information content (AvgIpc) is 2.42. The fourth-order valence-corrected chi connectivity index (χ4v) is 2.99. The van der Waals surface area contributed by atoms with Crippen molar-refractivity contribution < 1.29 is 9.53 Å². The van der Waals surface area contributed by atoms with E-state index in [-0.39, 0.29) is 11.4 Å². The molecule has 0 saturated heterocycles. The molecule has 1 fully saturated rings. The highest BCUT2D eigenvalue weighted by Crippen LogP contribution is 2.48. The minimum Gasteiger partial charge on any atom is -0.469 e. The van der Waals surface area contributed by atoms with E-state index in [1.54, 1.807) is 0 Å². The minimum atomic E-state index is -0.218. The lowest BCUT2D eigenvalue weighted by atomic mass is 9.77. The Kier molecular flexibility index (Phi) is 3.57. The number of hydrogen-bond donors (Lipinski definition) is 0. The van der Waals surface area contributed by atoms with Crippen LogP contribution >= 0.6 is 0 Å². The van der Waals surface area contributed by atoms with Gasteiger partial charge in [-0.25, -0.2) is 0 Å². The summed E-state index contributed by atoms with van der Waals surface area (Å²) in [5.74, 6) is 1.17. The van der Waals surface area contributed by atoms with Crippen LogP contribution in [0.25, 0.3) is 0 Å². The van der Waals surface area contributed by atoms with Crippen LogP contribution in [0.15, 0.2) is 0 Å². The van der Waals surface area contributed by atoms with E-state index < -0.39 is 0 Å². The van der Waals surface area contributed by atoms with E-state index in [0.29, 0.717) is 11.8 Å². The third-order valence-corrected chi connectivity index (χ3v) is 3.65. The zero-order valence-electron chi connectivity index (χ0n) is 9.80. The van der Waals surface area contributed by atoms with Crippen molar-refractivity contribution in [3.8, 4) is 0 Å². The van der Waals surface area contributed by atoms with Gasteiger partial charge < -0.3 is 4.74 Å². The van der Waals surface area contributed by atoms with Crippen molar-refractivity contribution >= 4 is 5.97 Å². The number of hydrogen-bond acceptors (Lipinski definition) is 2. The van der Waals surface area contributed by atoms with Gasteiger partial charge in [0.05, 0.1) is 12.5 Å². The van der Waals surface area contributed by atoms with Gasteiger partial charge in [-0.05, 0) is 38.0 Å². The monoisotopic (exact) mass is 198 g/mol. The second kappa shape index (κ2) is 4.33. The van der Waals surface area contributed by atoms with Gasteiger partial charge in [0.2, 0.25) is 0 Å². The Bertz CT molecular complexity index is 212. The van der Waals surface area contributed by atoms with Crippen LogP contribution in [-0.4, -0.2) is 13.1 Å². The quantitative estimate of drug-likeness (QED) is 0.652. The Morgan fingerprint density at radius 2 is 2.21 bits per heavy atom. The van der Waals surface area contributed by atoms with Gasteiger partial charge in [0.25, 0.3) is 0 Å². The van der Waals surface area contributed by atoms with Crippen LogP contribution < -0.4 is 0 Å². The molecule has 0 aromatic rings. The van der Waals surface area contributed by atoms with Crippen molar-refractivity contribution in [2.75, 3.05) is 7.11 Å². The SMILES string of the molecule is CCCC1CC(C)CC1(C)C(=O)OC. The lowest BCUT2D eigenvalue weighted by molar-refractivity contribution is -0.154. The van der Waals surface area contributed by atoms with Crippen molar-refractivity contribution in [1.29, 1.82) is 0 Å². The summed E-state index contributed by atoms with van der Waals surface area (Å²) < 4.78 is 4.92. The highest BCUT2D eigenvalue weighted by Gasteiger charge is 2.47. The number of carbonyl (C=O) groups excluding carboxylic acids is 1. The second-order valence-electron chi connectivity index (χ2n) is 4.94. The molecule has 0 radical (unpaired) electrons. The summed E-state index contributed by atoms with van der Waals surface area (Å²) in [4.78, 5) is 11.7. The molecule has 2 nitrogen and oxygen atoms in total. The Labute approximate surface area is 87.0 Å². The summed E-state index contributed by atoms with van der Waals surface area (Å²) in [6, 6.07) is 0. The van der Waals surface area contributed by atoms with Gasteiger partial charge in [-0.1, -0.05) is 20.3 Å². The molecule has 0 spiro atoms. The smallest absolute Gasteiger partial charge is 0.311 e. The molecule has 3 unspecified atom stereocenters. The van der Waals surface area contributed by atoms with Gasteiger partial charge in [0.1, 0.15) is 0 Å². The molecule has 0 aromatic carbocycles. The van der Waals surface area contributed by atoms with Crippen molar-refractivity contribution in [2.24, 2.45) is 17.3 Å². The first-order chi connectivity index (χ1) is 6.54. The van der Waals surface area contributed by atoms with E-state index in [1.165, 1.54) is 13.5 Å². The van der Waals surface area contributed by atoms with Crippen LogP contribution in [0.5, 0.6) is 0 Å². The van der Waals surface area contributed by atoms with Crippen LogP contribution in [0.1, 0.15) is 46.5 Å². The van der Waals surface area contributed by atoms with Gasteiger partial charge in [-0.2, -0.15) is 0 Å². The number of esters is 1. The summed E-state index contributed by atoms with van der Waals surface area (Å²) in [7, 11) is 1.50. The van der Waals surface area contributed by atoms with Gasteiger partial charge in [-0.15, -0.1) is 0 Å². The van der Waals surface area contributed by atoms with Crippen molar-refractivity contribution in [2.45, 2.75) is 46.5 Å². The molecule has 3 atom stereocenters. The zero-order chi connectivity index (χ0) is 10.8. The van der Waals surface area contributed by atoms with E-state index in [0.717, 1.165) is 19.3 Å². The van der Waals surface area contributed by atoms with Crippen molar-refractivity contribution in [3.63, 3.8) is 0 Å². The molecule has 1 rings (SSSR count). The number of rotatable bonds is 3. The zero-order valence-corrected chi connectivity index (χ0v) is 9.80. The van der Waals surface area contributed by atoms with E-state index in [9.17, 15) is 4.79 Å². The Morgan fingerprint density at radius 1 is 1.57 bits per heavy atom. The first-order valence-electron chi connectivity index (χ1n) is 5.63. The molecule has 0 aliphatic heterocycles. The summed E-state index contributed by atoms with van der Waals surface area (Å²) in [5.41, 5.74) is -0.218. The maximum absolute atomic E-state index is 11.7. The van der Waals surface area contributed by atoms with Crippen LogP contribution in [0.2, 0.25) is 0 Å². The third kappa shape index (κ3) is 1.94. The molecular weight excluding hydrogens is 176 g/mol. The van der Waals surface area contributed by atoms with E-state index >= 15 is 0 Å². The molecule has 1 aliphatic rings. The molecule has 0 aromatic heterocycles. The van der Waals surface area contributed by atoms with Crippen LogP contribution in [0.4, 0.5) is 0 Å². The van der Waals surface area contributed by atoms with E-state index in [2.05, 4.69) is 20.8 Å². The van der Waals surface area contributed by atoms with Crippen LogP contribution in [0, 0.1) is 17.3 Å². The van der Waals surface area contributed by atoms with Crippen molar-refractivity contribution in [3.05, 3.63) is 0 Å². The normalized spacial score (nSPS) is 37.1. The third-order valence-electron chi connectivity index (χ3n) is 3.65.